The minimum atomic E-state index is 0. The van der Waals surface area contributed by atoms with E-state index in [0.29, 0.717) is 5.92 Å². The molecule has 0 saturated carbocycles. The van der Waals surface area contributed by atoms with E-state index in [4.69, 9.17) is 4.99 Å². The van der Waals surface area contributed by atoms with E-state index in [2.05, 4.69) is 44.8 Å². The van der Waals surface area contributed by atoms with Crippen molar-refractivity contribution in [2.45, 2.75) is 46.2 Å². The zero-order chi connectivity index (χ0) is 19.6. The number of guanidine groups is 1. The van der Waals surface area contributed by atoms with Crippen molar-refractivity contribution in [2.24, 2.45) is 10.9 Å². The van der Waals surface area contributed by atoms with Crippen LogP contribution < -0.4 is 10.6 Å². The summed E-state index contributed by atoms with van der Waals surface area (Å²) < 4.78 is 1.96. The van der Waals surface area contributed by atoms with Gasteiger partial charge in [-0.15, -0.1) is 35.3 Å². The van der Waals surface area contributed by atoms with Gasteiger partial charge in [0.1, 0.15) is 0 Å². The van der Waals surface area contributed by atoms with Crippen LogP contribution in [0.2, 0.25) is 0 Å². The smallest absolute Gasteiger partial charge is 0.191 e. The molecule has 2 N–H and O–H groups in total. The van der Waals surface area contributed by atoms with Gasteiger partial charge in [0.25, 0.3) is 0 Å². The Labute approximate surface area is 195 Å². The Morgan fingerprint density at radius 3 is 2.79 bits per heavy atom. The fourth-order valence-electron chi connectivity index (χ4n) is 3.48. The summed E-state index contributed by atoms with van der Waals surface area (Å²) in [4.78, 5) is 11.9. The number of aryl methyl sites for hydroxylation is 2. The maximum atomic E-state index is 4.83. The monoisotopic (exact) mass is 531 g/mol. The van der Waals surface area contributed by atoms with Crippen molar-refractivity contribution in [1.29, 1.82) is 0 Å². The number of halogens is 1. The normalized spacial score (nSPS) is 15.9. The average Bonchev–Trinajstić information content (AvgIpc) is 3.36. The van der Waals surface area contributed by atoms with Gasteiger partial charge in [0.05, 0.1) is 10.7 Å². The maximum absolute atomic E-state index is 4.83. The number of aliphatic imine (C=N–C) groups is 1. The molecule has 2 aromatic heterocycles. The lowest BCUT2D eigenvalue weighted by Gasteiger charge is -2.30. The fraction of sp³-hybridized carbons (Fsp3) is 0.650. The Bertz CT molecular complexity index is 708. The lowest BCUT2D eigenvalue weighted by Crippen LogP contribution is -2.39. The van der Waals surface area contributed by atoms with Gasteiger partial charge in [-0.25, -0.2) is 4.98 Å². The first-order chi connectivity index (χ1) is 13.7. The summed E-state index contributed by atoms with van der Waals surface area (Å²) in [6.45, 7) is 11.1. The van der Waals surface area contributed by atoms with E-state index in [1.807, 2.05) is 23.1 Å². The second-order valence-electron chi connectivity index (χ2n) is 7.35. The van der Waals surface area contributed by atoms with Crippen molar-refractivity contribution in [1.82, 2.24) is 30.3 Å². The number of piperidine rings is 1. The number of nitrogens with zero attached hydrogens (tertiary/aromatic N) is 5. The molecule has 3 heterocycles. The molecule has 0 amide bonds. The Balaban J connectivity index is 0.00000300. The first-order valence-corrected chi connectivity index (χ1v) is 11.2. The molecule has 29 heavy (non-hydrogen) atoms. The highest BCUT2D eigenvalue weighted by Crippen LogP contribution is 2.20. The molecule has 1 fully saturated rings. The van der Waals surface area contributed by atoms with E-state index in [9.17, 15) is 0 Å². The maximum Gasteiger partial charge on any atom is 0.191 e. The SMILES string of the molecule is CCNC(=NCC1CCN(Cc2csc(C)n2)CC1)NCCCn1cccn1.I. The highest BCUT2D eigenvalue weighted by Gasteiger charge is 2.19. The summed E-state index contributed by atoms with van der Waals surface area (Å²) in [6, 6.07) is 1.96. The molecule has 162 valence electrons. The van der Waals surface area contributed by atoms with Gasteiger partial charge in [-0.2, -0.15) is 5.10 Å². The largest absolute Gasteiger partial charge is 0.357 e. The van der Waals surface area contributed by atoms with Crippen LogP contribution in [0.4, 0.5) is 0 Å². The van der Waals surface area contributed by atoms with E-state index in [1.54, 1.807) is 11.3 Å². The second kappa shape index (κ2) is 13.2. The van der Waals surface area contributed by atoms with Crippen molar-refractivity contribution in [3.8, 4) is 0 Å². The first-order valence-electron chi connectivity index (χ1n) is 10.4. The molecular weight excluding hydrogens is 497 g/mol. The molecule has 0 unspecified atom stereocenters. The lowest BCUT2D eigenvalue weighted by molar-refractivity contribution is 0.179. The highest BCUT2D eigenvalue weighted by atomic mass is 127. The number of rotatable bonds is 9. The van der Waals surface area contributed by atoms with Crippen molar-refractivity contribution in [2.75, 3.05) is 32.7 Å². The van der Waals surface area contributed by atoms with E-state index in [0.717, 1.165) is 63.2 Å². The zero-order valence-corrected chi connectivity index (χ0v) is 20.7. The van der Waals surface area contributed by atoms with Crippen molar-refractivity contribution in [3.63, 3.8) is 0 Å². The van der Waals surface area contributed by atoms with Crippen LogP contribution in [-0.2, 0) is 13.1 Å². The number of likely N-dealkylation sites (tertiary alicyclic amines) is 1. The van der Waals surface area contributed by atoms with Crippen LogP contribution in [0, 0.1) is 12.8 Å². The van der Waals surface area contributed by atoms with Crippen LogP contribution in [0.15, 0.2) is 28.8 Å². The van der Waals surface area contributed by atoms with Gasteiger partial charge in [-0.3, -0.25) is 14.6 Å². The Morgan fingerprint density at radius 2 is 2.14 bits per heavy atom. The van der Waals surface area contributed by atoms with Crippen molar-refractivity contribution >= 4 is 41.3 Å². The van der Waals surface area contributed by atoms with E-state index in [-0.39, 0.29) is 24.0 Å². The molecule has 0 atom stereocenters. The molecular formula is C20H34IN7S. The van der Waals surface area contributed by atoms with Crippen LogP contribution >= 0.6 is 35.3 Å². The number of aromatic nitrogens is 3. The second-order valence-corrected chi connectivity index (χ2v) is 8.41. The van der Waals surface area contributed by atoms with E-state index in [1.165, 1.54) is 18.5 Å². The summed E-state index contributed by atoms with van der Waals surface area (Å²) >= 11 is 1.74. The molecule has 9 heteroatoms. The van der Waals surface area contributed by atoms with Crippen LogP contribution in [-0.4, -0.2) is 58.3 Å². The average molecular weight is 532 g/mol. The van der Waals surface area contributed by atoms with Crippen molar-refractivity contribution in [3.05, 3.63) is 34.5 Å². The van der Waals surface area contributed by atoms with Gasteiger partial charge in [-0.05, 0) is 58.2 Å². The van der Waals surface area contributed by atoms with Gasteiger partial charge >= 0.3 is 0 Å². The quantitative estimate of drug-likeness (QED) is 0.225. The zero-order valence-electron chi connectivity index (χ0n) is 17.5. The Morgan fingerprint density at radius 1 is 1.31 bits per heavy atom. The summed E-state index contributed by atoms with van der Waals surface area (Å²) in [5.41, 5.74) is 1.22. The molecule has 0 aromatic carbocycles. The molecule has 1 aliphatic rings. The first kappa shape index (κ1) is 24.1. The molecule has 7 nitrogen and oxygen atoms in total. The molecule has 0 bridgehead atoms. The third-order valence-electron chi connectivity index (χ3n) is 5.03. The van der Waals surface area contributed by atoms with Gasteiger partial charge in [0, 0.05) is 50.5 Å². The van der Waals surface area contributed by atoms with Gasteiger partial charge < -0.3 is 10.6 Å². The predicted molar refractivity (Wildman–Crippen MR) is 131 cm³/mol. The minimum Gasteiger partial charge on any atom is -0.357 e. The number of thiazole rings is 1. The highest BCUT2D eigenvalue weighted by molar-refractivity contribution is 14.0. The van der Waals surface area contributed by atoms with Gasteiger partial charge in [-0.1, -0.05) is 0 Å². The molecule has 1 aliphatic heterocycles. The Kier molecular flexibility index (Phi) is 10.9. The topological polar surface area (TPSA) is 70.4 Å². The standard InChI is InChI=1S/C20H33N7S.HI/c1-3-21-20(22-8-4-10-27-11-5-9-24-27)23-14-18-6-12-26(13-7-18)15-19-16-28-17(2)25-19;/h5,9,11,16,18H,3-4,6-8,10,12-15H2,1-2H3,(H2,21,22,23);1H. The predicted octanol–water partition coefficient (Wildman–Crippen LogP) is 3.12. The summed E-state index contributed by atoms with van der Waals surface area (Å²) in [5, 5.41) is 14.4. The minimum absolute atomic E-state index is 0. The lowest BCUT2D eigenvalue weighted by atomic mass is 9.97. The van der Waals surface area contributed by atoms with Gasteiger partial charge in [0.15, 0.2) is 5.96 Å². The van der Waals surface area contributed by atoms with Crippen LogP contribution in [0.1, 0.15) is 36.9 Å². The molecule has 0 spiro atoms. The molecule has 1 saturated heterocycles. The number of hydrogen-bond acceptors (Lipinski definition) is 5. The summed E-state index contributed by atoms with van der Waals surface area (Å²) in [5.74, 6) is 1.61. The number of hydrogen-bond donors (Lipinski definition) is 2. The van der Waals surface area contributed by atoms with Gasteiger partial charge in [0.2, 0.25) is 0 Å². The Hall–Kier alpha value is -1.20. The van der Waals surface area contributed by atoms with Crippen LogP contribution in [0.25, 0.3) is 0 Å². The third-order valence-corrected chi connectivity index (χ3v) is 5.85. The fourth-order valence-corrected chi connectivity index (χ4v) is 4.08. The van der Waals surface area contributed by atoms with Crippen molar-refractivity contribution < 1.29 is 0 Å². The van der Waals surface area contributed by atoms with E-state index >= 15 is 0 Å². The summed E-state index contributed by atoms with van der Waals surface area (Å²) in [7, 11) is 0. The molecule has 2 aromatic rings. The van der Waals surface area contributed by atoms with Crippen LogP contribution in [0.5, 0.6) is 0 Å². The number of nitrogens with one attached hydrogen (secondary N) is 2. The molecule has 0 aliphatic carbocycles. The summed E-state index contributed by atoms with van der Waals surface area (Å²) in [6.07, 6.45) is 7.28. The van der Waals surface area contributed by atoms with Crippen LogP contribution in [0.3, 0.4) is 0 Å². The third kappa shape index (κ3) is 8.59. The molecule has 0 radical (unpaired) electrons. The van der Waals surface area contributed by atoms with E-state index < -0.39 is 0 Å². The molecule has 3 rings (SSSR count).